The summed E-state index contributed by atoms with van der Waals surface area (Å²) in [6.07, 6.45) is 0. The van der Waals surface area contributed by atoms with E-state index in [9.17, 15) is 0 Å². The molecule has 2 N–H and O–H groups in total. The van der Waals surface area contributed by atoms with Gasteiger partial charge in [-0.2, -0.15) is 5.10 Å². The molecular formula is C13H15Br2N3O. The summed E-state index contributed by atoms with van der Waals surface area (Å²) in [4.78, 5) is 0. The topological polar surface area (TPSA) is 49.9 Å². The van der Waals surface area contributed by atoms with Crippen LogP contribution in [0.4, 0.5) is 5.69 Å². The largest absolute Gasteiger partial charge is 0.495 e. The Kier molecular flexibility index (Phi) is 4.52. The summed E-state index contributed by atoms with van der Waals surface area (Å²) in [6.45, 7) is 4.74. The Labute approximate surface area is 129 Å². The average molecular weight is 389 g/mol. The predicted octanol–water partition coefficient (Wildman–Crippen LogP) is 4.17. The summed E-state index contributed by atoms with van der Waals surface area (Å²) >= 11 is 7.00. The summed E-state index contributed by atoms with van der Waals surface area (Å²) in [5.41, 5.74) is 4.28. The number of nitrogens with one attached hydrogen (secondary N) is 2. The smallest absolute Gasteiger partial charge is 0.135 e. The molecule has 1 aromatic heterocycles. The molecule has 0 unspecified atom stereocenters. The van der Waals surface area contributed by atoms with Gasteiger partial charge in [0.05, 0.1) is 23.0 Å². The van der Waals surface area contributed by atoms with E-state index in [0.717, 1.165) is 38.3 Å². The molecular weight excluding hydrogens is 374 g/mol. The van der Waals surface area contributed by atoms with Gasteiger partial charge in [0, 0.05) is 28.3 Å². The summed E-state index contributed by atoms with van der Waals surface area (Å²) < 4.78 is 7.20. The molecule has 19 heavy (non-hydrogen) atoms. The van der Waals surface area contributed by atoms with Crippen LogP contribution in [0.25, 0.3) is 0 Å². The molecule has 0 aliphatic carbocycles. The zero-order valence-electron chi connectivity index (χ0n) is 11.0. The molecule has 6 heteroatoms. The molecule has 102 valence electrons. The van der Waals surface area contributed by atoms with Gasteiger partial charge in [0.15, 0.2) is 0 Å². The van der Waals surface area contributed by atoms with Crippen LogP contribution in [0, 0.1) is 13.8 Å². The van der Waals surface area contributed by atoms with E-state index < -0.39 is 0 Å². The van der Waals surface area contributed by atoms with Crippen molar-refractivity contribution >= 4 is 37.5 Å². The van der Waals surface area contributed by atoms with Crippen LogP contribution in [0.2, 0.25) is 0 Å². The second kappa shape index (κ2) is 5.96. The maximum absolute atomic E-state index is 5.30. The van der Waals surface area contributed by atoms with Gasteiger partial charge in [0.2, 0.25) is 0 Å². The van der Waals surface area contributed by atoms with E-state index in [-0.39, 0.29) is 0 Å². The predicted molar refractivity (Wildman–Crippen MR) is 83.8 cm³/mol. The van der Waals surface area contributed by atoms with Crippen molar-refractivity contribution in [2.24, 2.45) is 0 Å². The monoisotopic (exact) mass is 387 g/mol. The summed E-state index contributed by atoms with van der Waals surface area (Å²) in [5, 5.41) is 10.6. The van der Waals surface area contributed by atoms with Crippen LogP contribution >= 0.6 is 31.9 Å². The Morgan fingerprint density at radius 1 is 1.26 bits per heavy atom. The molecule has 0 saturated carbocycles. The molecule has 1 heterocycles. The fourth-order valence-corrected chi connectivity index (χ4v) is 3.14. The van der Waals surface area contributed by atoms with Gasteiger partial charge in [0.25, 0.3) is 0 Å². The van der Waals surface area contributed by atoms with E-state index >= 15 is 0 Å². The molecule has 0 atom stereocenters. The van der Waals surface area contributed by atoms with Crippen molar-refractivity contribution in [3.8, 4) is 5.75 Å². The van der Waals surface area contributed by atoms with Gasteiger partial charge in [-0.25, -0.2) is 0 Å². The lowest BCUT2D eigenvalue weighted by Gasteiger charge is -2.12. The van der Waals surface area contributed by atoms with E-state index in [4.69, 9.17) is 4.74 Å². The molecule has 0 saturated heterocycles. The molecule has 1 aromatic carbocycles. The van der Waals surface area contributed by atoms with Gasteiger partial charge in [-0.15, -0.1) is 0 Å². The van der Waals surface area contributed by atoms with Crippen molar-refractivity contribution in [3.63, 3.8) is 0 Å². The standard InChI is InChI=1S/C13H15Br2N3O/c1-7-9(8(2)18-17-7)6-16-12-5-13(19-3)11(15)4-10(12)14/h4-5,16H,6H2,1-3H3,(H,17,18). The quantitative estimate of drug-likeness (QED) is 0.826. The van der Waals surface area contributed by atoms with Crippen molar-refractivity contribution in [2.45, 2.75) is 20.4 Å². The van der Waals surface area contributed by atoms with Gasteiger partial charge in [-0.3, -0.25) is 5.10 Å². The van der Waals surface area contributed by atoms with E-state index in [1.807, 2.05) is 26.0 Å². The third kappa shape index (κ3) is 3.12. The molecule has 0 bridgehead atoms. The summed E-state index contributed by atoms with van der Waals surface area (Å²) in [6, 6.07) is 3.93. The number of rotatable bonds is 4. The minimum Gasteiger partial charge on any atom is -0.495 e. The fourth-order valence-electron chi connectivity index (χ4n) is 1.84. The summed E-state index contributed by atoms with van der Waals surface area (Å²) in [7, 11) is 1.65. The lowest BCUT2D eigenvalue weighted by Crippen LogP contribution is -2.02. The number of hydrogen-bond acceptors (Lipinski definition) is 3. The average Bonchev–Trinajstić information content (AvgIpc) is 2.68. The summed E-state index contributed by atoms with van der Waals surface area (Å²) in [5.74, 6) is 0.798. The second-order valence-corrected chi connectivity index (χ2v) is 5.94. The molecule has 2 rings (SSSR count). The van der Waals surface area contributed by atoms with Crippen LogP contribution in [-0.4, -0.2) is 17.3 Å². The molecule has 0 aliphatic rings. The highest BCUT2D eigenvalue weighted by molar-refractivity contribution is 9.11. The number of aromatic nitrogens is 2. The van der Waals surface area contributed by atoms with Gasteiger partial charge < -0.3 is 10.1 Å². The van der Waals surface area contributed by atoms with Gasteiger partial charge in [0.1, 0.15) is 5.75 Å². The Hall–Kier alpha value is -1.01. The van der Waals surface area contributed by atoms with E-state index in [0.29, 0.717) is 0 Å². The van der Waals surface area contributed by atoms with Crippen molar-refractivity contribution in [2.75, 3.05) is 12.4 Å². The number of hydrogen-bond donors (Lipinski definition) is 2. The molecule has 2 aromatic rings. The number of halogens is 2. The maximum atomic E-state index is 5.30. The van der Waals surface area contributed by atoms with E-state index in [1.54, 1.807) is 7.11 Å². The van der Waals surface area contributed by atoms with Crippen LogP contribution in [0.15, 0.2) is 21.1 Å². The molecule has 0 amide bonds. The number of anilines is 1. The minimum absolute atomic E-state index is 0.720. The fraction of sp³-hybridized carbons (Fsp3) is 0.308. The lowest BCUT2D eigenvalue weighted by atomic mass is 10.2. The highest BCUT2D eigenvalue weighted by Gasteiger charge is 2.09. The Morgan fingerprint density at radius 2 is 2.00 bits per heavy atom. The molecule has 0 fully saturated rings. The molecule has 0 radical (unpaired) electrons. The first kappa shape index (κ1) is 14.4. The molecule has 0 aliphatic heterocycles. The van der Waals surface area contributed by atoms with Crippen LogP contribution in [-0.2, 0) is 6.54 Å². The van der Waals surface area contributed by atoms with Crippen LogP contribution in [0.1, 0.15) is 17.0 Å². The number of benzene rings is 1. The number of H-pyrrole nitrogens is 1. The SMILES string of the molecule is COc1cc(NCc2c(C)n[nH]c2C)c(Br)cc1Br. The number of aryl methyl sites for hydroxylation is 2. The molecule has 4 nitrogen and oxygen atoms in total. The lowest BCUT2D eigenvalue weighted by molar-refractivity contribution is 0.412. The number of methoxy groups -OCH3 is 1. The van der Waals surface area contributed by atoms with Gasteiger partial charge in [-0.05, 0) is 51.8 Å². The van der Waals surface area contributed by atoms with Crippen molar-refractivity contribution in [1.82, 2.24) is 10.2 Å². The minimum atomic E-state index is 0.720. The van der Waals surface area contributed by atoms with Gasteiger partial charge >= 0.3 is 0 Å². The number of ether oxygens (including phenoxy) is 1. The normalized spacial score (nSPS) is 10.6. The van der Waals surface area contributed by atoms with Crippen molar-refractivity contribution < 1.29 is 4.74 Å². The third-order valence-electron chi connectivity index (χ3n) is 2.98. The number of aromatic amines is 1. The first-order chi connectivity index (χ1) is 9.02. The van der Waals surface area contributed by atoms with Crippen LogP contribution in [0.3, 0.4) is 0 Å². The van der Waals surface area contributed by atoms with E-state index in [2.05, 4.69) is 47.4 Å². The second-order valence-electron chi connectivity index (χ2n) is 4.23. The first-order valence-corrected chi connectivity index (χ1v) is 7.39. The maximum Gasteiger partial charge on any atom is 0.135 e. The third-order valence-corrected chi connectivity index (χ3v) is 4.25. The zero-order valence-corrected chi connectivity index (χ0v) is 14.1. The number of nitrogens with zero attached hydrogens (tertiary/aromatic N) is 1. The zero-order chi connectivity index (χ0) is 14.0. The molecule has 0 spiro atoms. The van der Waals surface area contributed by atoms with Gasteiger partial charge in [-0.1, -0.05) is 0 Å². The highest BCUT2D eigenvalue weighted by Crippen LogP contribution is 2.34. The first-order valence-electron chi connectivity index (χ1n) is 5.80. The van der Waals surface area contributed by atoms with E-state index in [1.165, 1.54) is 5.56 Å². The highest BCUT2D eigenvalue weighted by atomic mass is 79.9. The Bertz CT molecular complexity index is 576. The van der Waals surface area contributed by atoms with Crippen molar-refractivity contribution in [3.05, 3.63) is 38.0 Å². The Balaban J connectivity index is 2.20. The van der Waals surface area contributed by atoms with Crippen molar-refractivity contribution in [1.29, 1.82) is 0 Å². The van der Waals surface area contributed by atoms with Crippen LogP contribution < -0.4 is 10.1 Å². The van der Waals surface area contributed by atoms with Crippen LogP contribution in [0.5, 0.6) is 5.75 Å². The Morgan fingerprint density at radius 3 is 2.58 bits per heavy atom.